The first-order chi connectivity index (χ1) is 9.03. The van der Waals surface area contributed by atoms with Gasteiger partial charge in [-0.25, -0.2) is 8.42 Å². The minimum absolute atomic E-state index is 0.249. The van der Waals surface area contributed by atoms with Gasteiger partial charge in [0.25, 0.3) is 0 Å². The highest BCUT2D eigenvalue weighted by Gasteiger charge is 2.34. The topological polar surface area (TPSA) is 49.4 Å². The third kappa shape index (κ3) is 5.25. The lowest BCUT2D eigenvalue weighted by Crippen LogP contribution is -2.51. The van der Waals surface area contributed by atoms with Gasteiger partial charge in [0.1, 0.15) is 5.37 Å². The quantitative estimate of drug-likeness (QED) is 0.690. The molecule has 19 heavy (non-hydrogen) atoms. The zero-order chi connectivity index (χ0) is 14.3. The first-order valence-electron chi connectivity index (χ1n) is 7.28. The van der Waals surface area contributed by atoms with E-state index in [4.69, 9.17) is 0 Å². The summed E-state index contributed by atoms with van der Waals surface area (Å²) in [4.78, 5) is 2.21. The predicted octanol–water partition coefficient (Wildman–Crippen LogP) is 1.57. The second-order valence-electron chi connectivity index (χ2n) is 5.06. The molecule has 0 spiro atoms. The van der Waals surface area contributed by atoms with Crippen LogP contribution in [-0.4, -0.2) is 61.6 Å². The Morgan fingerprint density at radius 1 is 1.42 bits per heavy atom. The van der Waals surface area contributed by atoms with Gasteiger partial charge in [-0.2, -0.15) is 11.8 Å². The molecule has 1 fully saturated rings. The number of rotatable bonds is 8. The van der Waals surface area contributed by atoms with E-state index in [1.54, 1.807) is 18.7 Å². The van der Waals surface area contributed by atoms with Crippen LogP contribution < -0.4 is 5.32 Å². The normalized spacial score (nSPS) is 23.4. The van der Waals surface area contributed by atoms with Crippen molar-refractivity contribution in [2.24, 2.45) is 0 Å². The smallest absolute Gasteiger partial charge is 0.166 e. The molecule has 0 saturated carbocycles. The molecule has 0 aromatic rings. The molecule has 6 heteroatoms. The summed E-state index contributed by atoms with van der Waals surface area (Å²) < 4.78 is 24.4. The summed E-state index contributed by atoms with van der Waals surface area (Å²) >= 11 is 1.77. The van der Waals surface area contributed by atoms with Crippen LogP contribution in [0.25, 0.3) is 0 Å². The summed E-state index contributed by atoms with van der Waals surface area (Å²) in [5, 5.41) is 3.05. The number of nitrogens with zero attached hydrogens (tertiary/aromatic N) is 1. The molecular weight excluding hydrogens is 280 g/mol. The fraction of sp³-hybridized carbons (Fsp3) is 1.00. The molecular formula is C13H28N2O2S2. The van der Waals surface area contributed by atoms with Crippen LogP contribution in [0.2, 0.25) is 0 Å². The van der Waals surface area contributed by atoms with Crippen molar-refractivity contribution < 1.29 is 8.42 Å². The van der Waals surface area contributed by atoms with Crippen molar-refractivity contribution in [3.8, 4) is 0 Å². The van der Waals surface area contributed by atoms with E-state index in [1.807, 2.05) is 0 Å². The van der Waals surface area contributed by atoms with Crippen LogP contribution in [0.3, 0.4) is 0 Å². The Morgan fingerprint density at radius 3 is 2.79 bits per heavy atom. The standard InChI is InChI=1S/C13H28N2O2S2/c1-4-14-8-6-7-12(3)15-9-10-18-11-13(15)19(16,17)5-2/h12-14H,4-11H2,1-3H3. The molecule has 1 saturated heterocycles. The minimum Gasteiger partial charge on any atom is -0.317 e. The lowest BCUT2D eigenvalue weighted by atomic mass is 10.1. The van der Waals surface area contributed by atoms with Crippen LogP contribution in [0.15, 0.2) is 0 Å². The molecule has 0 bridgehead atoms. The average molecular weight is 309 g/mol. The molecule has 0 amide bonds. The van der Waals surface area contributed by atoms with Crippen molar-refractivity contribution in [1.29, 1.82) is 0 Å². The maximum absolute atomic E-state index is 12.2. The lowest BCUT2D eigenvalue weighted by Gasteiger charge is -2.39. The minimum atomic E-state index is -2.96. The van der Waals surface area contributed by atoms with Crippen molar-refractivity contribution in [1.82, 2.24) is 10.2 Å². The average Bonchev–Trinajstić information content (AvgIpc) is 2.43. The Morgan fingerprint density at radius 2 is 2.16 bits per heavy atom. The molecule has 0 aliphatic carbocycles. The van der Waals surface area contributed by atoms with E-state index < -0.39 is 9.84 Å². The van der Waals surface area contributed by atoms with Crippen molar-refractivity contribution in [2.75, 3.05) is 36.9 Å². The molecule has 2 atom stereocenters. The van der Waals surface area contributed by atoms with Gasteiger partial charge in [0, 0.05) is 29.8 Å². The van der Waals surface area contributed by atoms with E-state index in [9.17, 15) is 8.42 Å². The SMILES string of the molecule is CCNCCCC(C)N1CCSCC1S(=O)(=O)CC. The van der Waals surface area contributed by atoms with Crippen LogP contribution in [0, 0.1) is 0 Å². The summed E-state index contributed by atoms with van der Waals surface area (Å²) in [5.74, 6) is 2.03. The van der Waals surface area contributed by atoms with Gasteiger partial charge in [0.2, 0.25) is 0 Å². The largest absolute Gasteiger partial charge is 0.317 e. The van der Waals surface area contributed by atoms with Crippen LogP contribution >= 0.6 is 11.8 Å². The molecule has 1 aliphatic rings. The van der Waals surface area contributed by atoms with E-state index in [0.717, 1.165) is 44.0 Å². The first kappa shape index (κ1) is 17.3. The van der Waals surface area contributed by atoms with Gasteiger partial charge in [-0.05, 0) is 32.9 Å². The number of nitrogens with one attached hydrogen (secondary N) is 1. The Balaban J connectivity index is 2.56. The fourth-order valence-electron chi connectivity index (χ4n) is 2.47. The lowest BCUT2D eigenvalue weighted by molar-refractivity contribution is 0.193. The van der Waals surface area contributed by atoms with Gasteiger partial charge in [-0.3, -0.25) is 4.90 Å². The summed E-state index contributed by atoms with van der Waals surface area (Å²) in [7, 11) is -2.96. The zero-order valence-electron chi connectivity index (χ0n) is 12.4. The third-order valence-electron chi connectivity index (χ3n) is 3.73. The number of sulfone groups is 1. The maximum Gasteiger partial charge on any atom is 0.166 e. The van der Waals surface area contributed by atoms with Gasteiger partial charge in [-0.1, -0.05) is 13.8 Å². The number of hydrogen-bond acceptors (Lipinski definition) is 5. The van der Waals surface area contributed by atoms with E-state index in [-0.39, 0.29) is 11.1 Å². The van der Waals surface area contributed by atoms with E-state index >= 15 is 0 Å². The fourth-order valence-corrected chi connectivity index (χ4v) is 5.59. The van der Waals surface area contributed by atoms with E-state index in [1.165, 1.54) is 0 Å². The van der Waals surface area contributed by atoms with Crippen LogP contribution in [0.4, 0.5) is 0 Å². The number of thioether (sulfide) groups is 1. The summed E-state index contributed by atoms with van der Waals surface area (Å²) in [6, 6.07) is 0.353. The molecule has 1 heterocycles. The molecule has 0 aromatic carbocycles. The van der Waals surface area contributed by atoms with Gasteiger partial charge >= 0.3 is 0 Å². The molecule has 1 aliphatic heterocycles. The molecule has 0 aromatic heterocycles. The summed E-state index contributed by atoms with van der Waals surface area (Å²) in [5.41, 5.74) is 0. The van der Waals surface area contributed by atoms with Gasteiger partial charge in [0.15, 0.2) is 9.84 Å². The van der Waals surface area contributed by atoms with Crippen molar-refractivity contribution in [3.05, 3.63) is 0 Å². The zero-order valence-corrected chi connectivity index (χ0v) is 14.0. The molecule has 2 unspecified atom stereocenters. The Hall–Kier alpha value is 0.220. The van der Waals surface area contributed by atoms with Crippen LogP contribution in [0.5, 0.6) is 0 Å². The third-order valence-corrected chi connectivity index (χ3v) is 7.04. The first-order valence-corrected chi connectivity index (χ1v) is 10.2. The highest BCUT2D eigenvalue weighted by Crippen LogP contribution is 2.24. The van der Waals surface area contributed by atoms with Gasteiger partial charge in [-0.15, -0.1) is 0 Å². The monoisotopic (exact) mass is 308 g/mol. The van der Waals surface area contributed by atoms with E-state index in [2.05, 4.69) is 24.1 Å². The Kier molecular flexibility index (Phi) is 7.72. The molecule has 1 rings (SSSR count). The molecule has 4 nitrogen and oxygen atoms in total. The molecule has 0 radical (unpaired) electrons. The van der Waals surface area contributed by atoms with Crippen molar-refractivity contribution in [2.45, 2.75) is 45.0 Å². The Labute approximate surface area is 122 Å². The second-order valence-corrected chi connectivity index (χ2v) is 8.66. The summed E-state index contributed by atoms with van der Waals surface area (Å²) in [6.45, 7) is 8.95. The summed E-state index contributed by atoms with van der Waals surface area (Å²) in [6.07, 6.45) is 2.17. The second kappa shape index (κ2) is 8.49. The highest BCUT2D eigenvalue weighted by atomic mass is 32.2. The van der Waals surface area contributed by atoms with E-state index in [0.29, 0.717) is 6.04 Å². The molecule has 114 valence electrons. The molecule has 1 N–H and O–H groups in total. The van der Waals surface area contributed by atoms with Crippen LogP contribution in [-0.2, 0) is 9.84 Å². The Bertz CT molecular complexity index is 347. The van der Waals surface area contributed by atoms with Gasteiger partial charge in [0.05, 0.1) is 0 Å². The van der Waals surface area contributed by atoms with Gasteiger partial charge < -0.3 is 5.32 Å². The number of hydrogen-bond donors (Lipinski definition) is 1. The maximum atomic E-state index is 12.2. The van der Waals surface area contributed by atoms with Crippen LogP contribution in [0.1, 0.15) is 33.6 Å². The van der Waals surface area contributed by atoms with Crippen molar-refractivity contribution in [3.63, 3.8) is 0 Å². The van der Waals surface area contributed by atoms with Crippen molar-refractivity contribution >= 4 is 21.6 Å². The predicted molar refractivity (Wildman–Crippen MR) is 84.5 cm³/mol. The highest BCUT2D eigenvalue weighted by molar-refractivity contribution is 8.01.